The third-order valence-corrected chi connectivity index (χ3v) is 5.90. The average molecular weight is 428 g/mol. The first-order valence-electron chi connectivity index (χ1n) is 10.0. The molecule has 2 aliphatic rings. The summed E-state index contributed by atoms with van der Waals surface area (Å²) in [5, 5.41) is 0. The molecule has 2 aromatic rings. The lowest BCUT2D eigenvalue weighted by Gasteiger charge is -2.38. The third-order valence-electron chi connectivity index (χ3n) is 5.90. The van der Waals surface area contributed by atoms with Crippen LogP contribution in [0.4, 0.5) is 0 Å². The van der Waals surface area contributed by atoms with E-state index in [-0.39, 0.29) is 42.7 Å². The lowest BCUT2D eigenvalue weighted by molar-refractivity contribution is 0.0573. The molecule has 0 aliphatic carbocycles. The number of rotatable bonds is 4. The molecular weight excluding hydrogens is 402 g/mol. The Balaban J connectivity index is 0.00000256. The van der Waals surface area contributed by atoms with Crippen LogP contribution >= 0.6 is 12.4 Å². The number of amides is 3. The van der Waals surface area contributed by atoms with Crippen molar-refractivity contribution in [1.29, 1.82) is 0 Å². The van der Waals surface area contributed by atoms with Crippen molar-refractivity contribution in [1.82, 2.24) is 9.80 Å². The van der Waals surface area contributed by atoms with Crippen molar-refractivity contribution in [3.8, 4) is 0 Å². The van der Waals surface area contributed by atoms with E-state index in [2.05, 4.69) is 6.92 Å². The highest BCUT2D eigenvalue weighted by Gasteiger charge is 2.35. The number of piperidine rings is 1. The maximum absolute atomic E-state index is 13.1. The fourth-order valence-electron chi connectivity index (χ4n) is 4.28. The number of likely N-dealkylation sites (tertiary alicyclic amines) is 1. The predicted octanol–water partition coefficient (Wildman–Crippen LogP) is 3.10. The standard InChI is InChI=1S/C23H25N3O3.ClH/c1-15-9-10-25(18(11-15)13-24)21(27)17-6-4-5-16(12-17)14-26-22(28)19-7-2-3-8-20(19)23(26)29;/h2-8,12,15,18H,9-11,13-14,24H2,1H3;1H. The van der Waals surface area contributed by atoms with Crippen LogP contribution in [0.1, 0.15) is 56.4 Å². The molecule has 3 amide bonds. The highest BCUT2D eigenvalue weighted by atomic mass is 35.5. The van der Waals surface area contributed by atoms with Gasteiger partial charge in [0.2, 0.25) is 0 Å². The minimum atomic E-state index is -0.296. The molecule has 2 heterocycles. The van der Waals surface area contributed by atoms with Crippen LogP contribution in [0.3, 0.4) is 0 Å². The number of carbonyl (C=O) groups excluding carboxylic acids is 3. The Labute approximate surface area is 182 Å². The van der Waals surface area contributed by atoms with Gasteiger partial charge in [-0.2, -0.15) is 0 Å². The molecule has 30 heavy (non-hydrogen) atoms. The monoisotopic (exact) mass is 427 g/mol. The Morgan fingerprint density at radius 3 is 2.37 bits per heavy atom. The van der Waals surface area contributed by atoms with Gasteiger partial charge in [0.05, 0.1) is 17.7 Å². The number of nitrogens with two attached hydrogens (primary N) is 1. The Morgan fingerprint density at radius 2 is 1.73 bits per heavy atom. The summed E-state index contributed by atoms with van der Waals surface area (Å²) in [4.78, 5) is 41.4. The SMILES string of the molecule is CC1CCN(C(=O)c2cccc(CN3C(=O)c4ccccc4C3=O)c2)C(CN)C1.Cl. The van der Waals surface area contributed by atoms with Gasteiger partial charge in [-0.3, -0.25) is 19.3 Å². The first-order valence-corrected chi connectivity index (χ1v) is 10.0. The number of halogens is 1. The molecule has 0 aromatic heterocycles. The van der Waals surface area contributed by atoms with Crippen LogP contribution in [-0.4, -0.2) is 46.7 Å². The van der Waals surface area contributed by atoms with Gasteiger partial charge >= 0.3 is 0 Å². The summed E-state index contributed by atoms with van der Waals surface area (Å²) in [6.45, 7) is 3.48. The number of imide groups is 1. The molecule has 2 N–H and O–H groups in total. The summed E-state index contributed by atoms with van der Waals surface area (Å²) in [5.74, 6) is -0.0737. The first kappa shape index (κ1) is 22.0. The minimum absolute atomic E-state index is 0. The lowest BCUT2D eigenvalue weighted by Crippen LogP contribution is -2.49. The van der Waals surface area contributed by atoms with Crippen LogP contribution in [0, 0.1) is 5.92 Å². The zero-order valence-corrected chi connectivity index (χ0v) is 17.7. The second-order valence-corrected chi connectivity index (χ2v) is 7.96. The quantitative estimate of drug-likeness (QED) is 0.760. The van der Waals surface area contributed by atoms with Gasteiger partial charge in [-0.05, 0) is 48.6 Å². The van der Waals surface area contributed by atoms with Crippen LogP contribution in [0.15, 0.2) is 48.5 Å². The molecule has 4 rings (SSSR count). The van der Waals surface area contributed by atoms with Gasteiger partial charge in [-0.15, -0.1) is 12.4 Å². The normalized spacial score (nSPS) is 20.7. The smallest absolute Gasteiger partial charge is 0.261 e. The molecule has 0 saturated carbocycles. The summed E-state index contributed by atoms with van der Waals surface area (Å²) in [7, 11) is 0. The minimum Gasteiger partial charge on any atom is -0.334 e. The molecule has 2 aromatic carbocycles. The highest BCUT2D eigenvalue weighted by Crippen LogP contribution is 2.26. The van der Waals surface area contributed by atoms with Crippen LogP contribution in [0.2, 0.25) is 0 Å². The van der Waals surface area contributed by atoms with Crippen molar-refractivity contribution < 1.29 is 14.4 Å². The van der Waals surface area contributed by atoms with Crippen molar-refractivity contribution in [2.45, 2.75) is 32.4 Å². The molecule has 2 atom stereocenters. The first-order chi connectivity index (χ1) is 14.0. The van der Waals surface area contributed by atoms with E-state index in [4.69, 9.17) is 5.73 Å². The van der Waals surface area contributed by atoms with Crippen molar-refractivity contribution in [2.75, 3.05) is 13.1 Å². The largest absolute Gasteiger partial charge is 0.334 e. The van der Waals surface area contributed by atoms with E-state index in [0.717, 1.165) is 18.4 Å². The fraction of sp³-hybridized carbons (Fsp3) is 0.348. The molecule has 0 bridgehead atoms. The van der Waals surface area contributed by atoms with Crippen molar-refractivity contribution >= 4 is 30.1 Å². The predicted molar refractivity (Wildman–Crippen MR) is 117 cm³/mol. The lowest BCUT2D eigenvalue weighted by atomic mass is 9.91. The van der Waals surface area contributed by atoms with E-state index < -0.39 is 0 Å². The van der Waals surface area contributed by atoms with Gasteiger partial charge in [-0.25, -0.2) is 0 Å². The molecule has 0 radical (unpaired) electrons. The van der Waals surface area contributed by atoms with Gasteiger partial charge in [0, 0.05) is 24.7 Å². The summed E-state index contributed by atoms with van der Waals surface area (Å²) in [5.41, 5.74) is 8.08. The Bertz CT molecular complexity index is 943. The Hall–Kier alpha value is -2.70. The van der Waals surface area contributed by atoms with Gasteiger partial charge < -0.3 is 10.6 Å². The maximum Gasteiger partial charge on any atom is 0.261 e. The molecule has 2 unspecified atom stereocenters. The van der Waals surface area contributed by atoms with E-state index >= 15 is 0 Å². The van der Waals surface area contributed by atoms with Gasteiger partial charge in [-0.1, -0.05) is 31.2 Å². The van der Waals surface area contributed by atoms with Gasteiger partial charge in [0.15, 0.2) is 0 Å². The molecular formula is C23H26ClN3O3. The van der Waals surface area contributed by atoms with Crippen molar-refractivity contribution in [2.24, 2.45) is 11.7 Å². The summed E-state index contributed by atoms with van der Waals surface area (Å²) >= 11 is 0. The molecule has 6 nitrogen and oxygen atoms in total. The Morgan fingerprint density at radius 1 is 1.07 bits per heavy atom. The molecule has 2 aliphatic heterocycles. The fourth-order valence-corrected chi connectivity index (χ4v) is 4.28. The van der Waals surface area contributed by atoms with Crippen molar-refractivity contribution in [3.63, 3.8) is 0 Å². The molecule has 1 saturated heterocycles. The zero-order chi connectivity index (χ0) is 20.5. The second-order valence-electron chi connectivity index (χ2n) is 7.96. The van der Waals surface area contributed by atoms with Crippen molar-refractivity contribution in [3.05, 3.63) is 70.8 Å². The van der Waals surface area contributed by atoms with E-state index in [1.54, 1.807) is 42.5 Å². The van der Waals surface area contributed by atoms with E-state index in [1.807, 2.05) is 11.0 Å². The number of benzene rings is 2. The molecule has 158 valence electrons. The van der Waals surface area contributed by atoms with Crippen LogP contribution in [0.5, 0.6) is 0 Å². The van der Waals surface area contributed by atoms with Crippen LogP contribution in [0.25, 0.3) is 0 Å². The van der Waals surface area contributed by atoms with Gasteiger partial charge in [0.25, 0.3) is 17.7 Å². The average Bonchev–Trinajstić information content (AvgIpc) is 2.98. The Kier molecular flexibility index (Phi) is 6.58. The summed E-state index contributed by atoms with van der Waals surface area (Å²) in [6.07, 6.45) is 1.88. The van der Waals surface area contributed by atoms with E-state index in [0.29, 0.717) is 35.7 Å². The van der Waals surface area contributed by atoms with E-state index in [1.165, 1.54) is 4.90 Å². The number of hydrogen-bond acceptors (Lipinski definition) is 4. The number of hydrogen-bond donors (Lipinski definition) is 1. The topological polar surface area (TPSA) is 83.7 Å². The van der Waals surface area contributed by atoms with Gasteiger partial charge in [0.1, 0.15) is 0 Å². The molecule has 7 heteroatoms. The zero-order valence-electron chi connectivity index (χ0n) is 16.9. The van der Waals surface area contributed by atoms with Crippen LogP contribution < -0.4 is 5.73 Å². The third kappa shape index (κ3) is 3.98. The summed E-state index contributed by atoms with van der Waals surface area (Å²) in [6, 6.07) is 14.1. The molecule has 0 spiro atoms. The number of nitrogens with zero attached hydrogens (tertiary/aromatic N) is 2. The highest BCUT2D eigenvalue weighted by molar-refractivity contribution is 6.21. The number of fused-ring (bicyclic) bond motifs is 1. The van der Waals surface area contributed by atoms with Crippen LogP contribution in [-0.2, 0) is 6.54 Å². The second kappa shape index (κ2) is 8.98. The maximum atomic E-state index is 13.1. The molecule has 1 fully saturated rings. The summed E-state index contributed by atoms with van der Waals surface area (Å²) < 4.78 is 0. The number of carbonyl (C=O) groups is 3. The van der Waals surface area contributed by atoms with E-state index in [9.17, 15) is 14.4 Å².